The molecule has 2 N–H and O–H groups in total. The Morgan fingerprint density at radius 2 is 1.86 bits per heavy atom. The predicted molar refractivity (Wildman–Crippen MR) is 133 cm³/mol. The molecule has 0 atom stereocenters. The molecule has 0 saturated carbocycles. The maximum Gasteiger partial charge on any atom is 0.333 e. The number of benzene rings is 2. The van der Waals surface area contributed by atoms with E-state index < -0.39 is 27.4 Å². The van der Waals surface area contributed by atoms with Crippen LogP contribution in [0.3, 0.4) is 0 Å². The molecule has 0 fully saturated rings. The number of halogens is 2. The van der Waals surface area contributed by atoms with Gasteiger partial charge in [0.05, 0.1) is 15.4 Å². The Morgan fingerprint density at radius 1 is 1.14 bits per heavy atom. The van der Waals surface area contributed by atoms with Crippen LogP contribution in [0, 0.1) is 5.82 Å². The number of thiophene rings is 1. The minimum atomic E-state index is -4.08. The number of urea groups is 1. The van der Waals surface area contributed by atoms with E-state index in [9.17, 15) is 27.2 Å². The van der Waals surface area contributed by atoms with Gasteiger partial charge in [-0.15, -0.1) is 11.3 Å². The van der Waals surface area contributed by atoms with E-state index in [-0.39, 0.29) is 25.3 Å². The van der Waals surface area contributed by atoms with Crippen molar-refractivity contribution in [2.45, 2.75) is 4.21 Å². The molecule has 0 aliphatic carbocycles. The van der Waals surface area contributed by atoms with E-state index in [2.05, 4.69) is 5.32 Å². The molecule has 0 bridgehead atoms. The van der Waals surface area contributed by atoms with Gasteiger partial charge in [-0.25, -0.2) is 22.3 Å². The number of nitrogens with one attached hydrogen (secondary N) is 2. The maximum absolute atomic E-state index is 14.4. The number of rotatable bonds is 6. The van der Waals surface area contributed by atoms with E-state index in [0.29, 0.717) is 17.5 Å². The lowest BCUT2D eigenvalue weighted by atomic mass is 10.1. The molecule has 35 heavy (non-hydrogen) atoms. The highest BCUT2D eigenvalue weighted by atomic mass is 35.5. The zero-order chi connectivity index (χ0) is 25.3. The summed E-state index contributed by atoms with van der Waals surface area (Å²) < 4.78 is 42.2. The molecule has 2 aromatic heterocycles. The molecule has 2 aromatic carbocycles. The first-order valence-electron chi connectivity index (χ1n) is 9.81. The highest BCUT2D eigenvalue weighted by Gasteiger charge is 2.20. The van der Waals surface area contributed by atoms with Crippen molar-refractivity contribution in [1.29, 1.82) is 0 Å². The fourth-order valence-corrected chi connectivity index (χ4v) is 5.65. The van der Waals surface area contributed by atoms with Crippen molar-refractivity contribution in [1.82, 2.24) is 9.29 Å². The summed E-state index contributed by atoms with van der Waals surface area (Å²) in [5.74, 6) is -0.715. The largest absolute Gasteiger partial charge is 0.333 e. The van der Waals surface area contributed by atoms with Gasteiger partial charge >= 0.3 is 6.03 Å². The highest BCUT2D eigenvalue weighted by Crippen LogP contribution is 2.26. The third-order valence-corrected chi connectivity index (χ3v) is 8.01. The Balaban J connectivity index is 1.55. The van der Waals surface area contributed by atoms with E-state index in [1.165, 1.54) is 60.3 Å². The first-order valence-corrected chi connectivity index (χ1v) is 12.5. The van der Waals surface area contributed by atoms with Gasteiger partial charge in [0, 0.05) is 24.6 Å². The Morgan fingerprint density at radius 3 is 2.49 bits per heavy atom. The number of nitrogens with zero attached hydrogens (tertiary/aromatic N) is 2. The topological polar surface area (TPSA) is 118 Å². The van der Waals surface area contributed by atoms with Crippen molar-refractivity contribution in [3.63, 3.8) is 0 Å². The standard InChI is InChI=1S/C22H16ClFN4O5S2/c1-27(12-29)18-10-13-8-9-28(21(30)16(13)11-17(18)24)15-4-2-14(3-5-15)25-22(31)26-35(32,33)20-7-6-19(23)34-20/h2-12H,1H3,(H2,25,26,31). The second kappa shape index (κ2) is 9.49. The molecular weight excluding hydrogens is 519 g/mol. The second-order valence-electron chi connectivity index (χ2n) is 7.26. The van der Waals surface area contributed by atoms with Crippen LogP contribution in [-0.4, -0.2) is 32.5 Å². The van der Waals surface area contributed by atoms with Gasteiger partial charge in [0.1, 0.15) is 10.0 Å². The fourth-order valence-electron chi connectivity index (χ4n) is 3.26. The number of aromatic nitrogens is 1. The Bertz CT molecular complexity index is 1620. The smallest absolute Gasteiger partial charge is 0.315 e. The zero-order valence-electron chi connectivity index (χ0n) is 17.9. The number of carbonyl (C=O) groups is 2. The van der Waals surface area contributed by atoms with Gasteiger partial charge in [0.2, 0.25) is 6.41 Å². The van der Waals surface area contributed by atoms with Crippen LogP contribution in [0.1, 0.15) is 0 Å². The Hall–Kier alpha value is -3.74. The van der Waals surface area contributed by atoms with Crippen molar-refractivity contribution in [3.05, 3.63) is 81.3 Å². The number of sulfonamides is 1. The molecular formula is C22H16ClFN4O5S2. The lowest BCUT2D eigenvalue weighted by molar-refractivity contribution is -0.107. The summed E-state index contributed by atoms with van der Waals surface area (Å²) in [5, 5.41) is 2.98. The van der Waals surface area contributed by atoms with E-state index in [1.54, 1.807) is 6.07 Å². The number of amides is 3. The van der Waals surface area contributed by atoms with Crippen LogP contribution in [0.4, 0.5) is 20.6 Å². The summed E-state index contributed by atoms with van der Waals surface area (Å²) in [6.45, 7) is 0. The summed E-state index contributed by atoms with van der Waals surface area (Å²) in [6, 6.07) is 11.8. The van der Waals surface area contributed by atoms with E-state index in [0.717, 1.165) is 22.3 Å². The molecule has 4 aromatic rings. The SMILES string of the molecule is CN(C=O)c1cc2ccn(-c3ccc(NC(=O)NS(=O)(=O)c4ccc(Cl)s4)cc3)c(=O)c2cc1F. The lowest BCUT2D eigenvalue weighted by Gasteiger charge is -2.14. The average molecular weight is 535 g/mol. The summed E-state index contributed by atoms with van der Waals surface area (Å²) in [4.78, 5) is 37.1. The van der Waals surface area contributed by atoms with Gasteiger partial charge in [-0.05, 0) is 60.0 Å². The molecule has 4 rings (SSSR count). The number of anilines is 2. The zero-order valence-corrected chi connectivity index (χ0v) is 20.2. The van der Waals surface area contributed by atoms with Crippen LogP contribution < -0.4 is 20.5 Å². The molecule has 180 valence electrons. The maximum atomic E-state index is 14.4. The molecule has 0 unspecified atom stereocenters. The van der Waals surface area contributed by atoms with Crippen LogP contribution in [0.25, 0.3) is 16.5 Å². The Kier molecular flexibility index (Phi) is 6.61. The quantitative estimate of drug-likeness (QED) is 0.363. The summed E-state index contributed by atoms with van der Waals surface area (Å²) in [7, 11) is -2.67. The Labute approximate surface area is 207 Å². The molecule has 13 heteroatoms. The molecule has 0 saturated heterocycles. The van der Waals surface area contributed by atoms with Crippen molar-refractivity contribution in [3.8, 4) is 5.69 Å². The molecule has 3 amide bonds. The second-order valence-corrected chi connectivity index (χ2v) is 10.9. The monoisotopic (exact) mass is 534 g/mol. The van der Waals surface area contributed by atoms with Crippen molar-refractivity contribution in [2.75, 3.05) is 17.3 Å². The summed E-state index contributed by atoms with van der Waals surface area (Å²) in [6.07, 6.45) is 1.97. The van der Waals surface area contributed by atoms with Crippen LogP contribution >= 0.6 is 22.9 Å². The average Bonchev–Trinajstić information content (AvgIpc) is 3.26. The third kappa shape index (κ3) is 5.04. The van der Waals surface area contributed by atoms with Crippen LogP contribution in [-0.2, 0) is 14.8 Å². The molecule has 0 aliphatic rings. The lowest BCUT2D eigenvalue weighted by Crippen LogP contribution is -2.33. The molecule has 9 nitrogen and oxygen atoms in total. The number of hydrogen-bond donors (Lipinski definition) is 2. The van der Waals surface area contributed by atoms with Gasteiger partial charge < -0.3 is 10.2 Å². The van der Waals surface area contributed by atoms with Crippen LogP contribution in [0.15, 0.2) is 69.8 Å². The van der Waals surface area contributed by atoms with Gasteiger partial charge in [-0.2, -0.15) is 0 Å². The number of pyridine rings is 1. The minimum Gasteiger partial charge on any atom is -0.315 e. The van der Waals surface area contributed by atoms with Gasteiger partial charge in [-0.3, -0.25) is 14.2 Å². The number of fused-ring (bicyclic) bond motifs is 1. The fraction of sp³-hybridized carbons (Fsp3) is 0.0455. The number of hydrogen-bond acceptors (Lipinski definition) is 6. The summed E-state index contributed by atoms with van der Waals surface area (Å²) in [5.41, 5.74) is 0.258. The van der Waals surface area contributed by atoms with Crippen LogP contribution in [0.2, 0.25) is 4.34 Å². The molecule has 0 aliphatic heterocycles. The molecule has 0 radical (unpaired) electrons. The van der Waals surface area contributed by atoms with Crippen molar-refractivity contribution in [2.24, 2.45) is 0 Å². The summed E-state index contributed by atoms with van der Waals surface area (Å²) >= 11 is 6.55. The molecule has 2 heterocycles. The first-order chi connectivity index (χ1) is 16.6. The third-order valence-electron chi connectivity index (χ3n) is 4.95. The van der Waals surface area contributed by atoms with E-state index >= 15 is 0 Å². The van der Waals surface area contributed by atoms with E-state index in [1.807, 2.05) is 4.72 Å². The van der Waals surface area contributed by atoms with E-state index in [4.69, 9.17) is 11.6 Å². The van der Waals surface area contributed by atoms with Crippen LogP contribution in [0.5, 0.6) is 0 Å². The first kappa shape index (κ1) is 24.4. The van der Waals surface area contributed by atoms with Gasteiger partial charge in [0.15, 0.2) is 0 Å². The van der Waals surface area contributed by atoms with Crippen molar-refractivity contribution >= 4 is 67.5 Å². The highest BCUT2D eigenvalue weighted by molar-refractivity contribution is 7.92. The predicted octanol–water partition coefficient (Wildman–Crippen LogP) is 3.95. The minimum absolute atomic E-state index is 0.0440. The van der Waals surface area contributed by atoms with Crippen molar-refractivity contribution < 1.29 is 22.4 Å². The van der Waals surface area contributed by atoms with Gasteiger partial charge in [-0.1, -0.05) is 11.6 Å². The van der Waals surface area contributed by atoms with Gasteiger partial charge in [0.25, 0.3) is 15.6 Å². The normalized spacial score (nSPS) is 11.3. The number of carbonyl (C=O) groups excluding carboxylic acids is 2. The molecule has 0 spiro atoms.